The Labute approximate surface area is 144 Å². The van der Waals surface area contributed by atoms with Crippen molar-refractivity contribution in [3.05, 3.63) is 29.8 Å². The number of carbonyl (C=O) groups excluding carboxylic acids is 1. The van der Waals surface area contributed by atoms with Crippen molar-refractivity contribution in [2.24, 2.45) is 0 Å². The Morgan fingerprint density at radius 1 is 1.25 bits per heavy atom. The number of benzene rings is 1. The molecule has 132 valence electrons. The van der Waals surface area contributed by atoms with Gasteiger partial charge in [-0.3, -0.25) is 9.69 Å². The van der Waals surface area contributed by atoms with Crippen LogP contribution in [0.25, 0.3) is 0 Å². The zero-order valence-electron chi connectivity index (χ0n) is 15.0. The summed E-state index contributed by atoms with van der Waals surface area (Å²) in [5.41, 5.74) is 1.15. The highest BCUT2D eigenvalue weighted by Gasteiger charge is 2.44. The molecule has 0 N–H and O–H groups in total. The number of carbonyl (C=O) groups is 1. The summed E-state index contributed by atoms with van der Waals surface area (Å²) in [6.07, 6.45) is 1.65. The number of nitrogens with zero attached hydrogens (tertiary/aromatic N) is 2. The van der Waals surface area contributed by atoms with Gasteiger partial charge in [-0.05, 0) is 44.4 Å². The zero-order valence-corrected chi connectivity index (χ0v) is 15.0. The molecule has 1 amide bonds. The lowest BCUT2D eigenvalue weighted by Gasteiger charge is -2.49. The zero-order chi connectivity index (χ0) is 17.2. The van der Waals surface area contributed by atoms with Crippen LogP contribution in [-0.4, -0.2) is 60.7 Å². The minimum absolute atomic E-state index is 0.129. The molecule has 0 aliphatic carbocycles. The van der Waals surface area contributed by atoms with Gasteiger partial charge in [-0.25, -0.2) is 0 Å². The monoisotopic (exact) mass is 332 g/mol. The molecule has 1 spiro atoms. The number of hydrogen-bond donors (Lipinski definition) is 0. The van der Waals surface area contributed by atoms with Crippen molar-refractivity contribution >= 4 is 5.91 Å². The highest BCUT2D eigenvalue weighted by molar-refractivity contribution is 5.81. The summed E-state index contributed by atoms with van der Waals surface area (Å²) in [6, 6.07) is 8.27. The van der Waals surface area contributed by atoms with Gasteiger partial charge in [0, 0.05) is 32.7 Å². The molecular weight excluding hydrogens is 304 g/mol. The van der Waals surface area contributed by atoms with Crippen molar-refractivity contribution in [1.82, 2.24) is 9.80 Å². The Kier molecular flexibility index (Phi) is 5.11. The van der Waals surface area contributed by atoms with Crippen LogP contribution in [0.5, 0.6) is 5.75 Å². The van der Waals surface area contributed by atoms with Crippen molar-refractivity contribution in [2.45, 2.75) is 44.9 Å². The highest BCUT2D eigenvalue weighted by atomic mass is 16.5. The minimum Gasteiger partial charge on any atom is -0.497 e. The van der Waals surface area contributed by atoms with Crippen molar-refractivity contribution in [3.8, 4) is 5.75 Å². The number of ether oxygens (including phenoxy) is 2. The molecule has 1 aromatic carbocycles. The summed E-state index contributed by atoms with van der Waals surface area (Å²) >= 11 is 0. The van der Waals surface area contributed by atoms with E-state index in [1.807, 2.05) is 30.9 Å². The van der Waals surface area contributed by atoms with Crippen LogP contribution in [0.3, 0.4) is 0 Å². The smallest absolute Gasteiger partial charge is 0.251 e. The van der Waals surface area contributed by atoms with Gasteiger partial charge in [-0.1, -0.05) is 12.1 Å². The number of rotatable bonds is 4. The van der Waals surface area contributed by atoms with Gasteiger partial charge < -0.3 is 14.4 Å². The van der Waals surface area contributed by atoms with E-state index in [0.717, 1.165) is 51.3 Å². The van der Waals surface area contributed by atoms with Crippen LogP contribution in [0.4, 0.5) is 0 Å². The fourth-order valence-corrected chi connectivity index (χ4v) is 3.80. The first-order valence-corrected chi connectivity index (χ1v) is 8.87. The predicted octanol–water partition coefficient (Wildman–Crippen LogP) is 2.30. The molecule has 2 fully saturated rings. The molecule has 1 aromatic rings. The Hall–Kier alpha value is -1.59. The van der Waals surface area contributed by atoms with Gasteiger partial charge in [0.25, 0.3) is 5.91 Å². The maximum atomic E-state index is 12.1. The van der Waals surface area contributed by atoms with E-state index in [0.29, 0.717) is 0 Å². The molecule has 0 aromatic heterocycles. The average molecular weight is 332 g/mol. The fourth-order valence-electron chi connectivity index (χ4n) is 3.80. The first kappa shape index (κ1) is 17.2. The van der Waals surface area contributed by atoms with Gasteiger partial charge in [-0.15, -0.1) is 0 Å². The molecule has 24 heavy (non-hydrogen) atoms. The molecule has 0 radical (unpaired) electrons. The first-order valence-electron chi connectivity index (χ1n) is 8.87. The Balaban J connectivity index is 1.57. The summed E-state index contributed by atoms with van der Waals surface area (Å²) in [7, 11) is 1.69. The van der Waals surface area contributed by atoms with Crippen molar-refractivity contribution < 1.29 is 14.3 Å². The number of amides is 1. The van der Waals surface area contributed by atoms with Gasteiger partial charge in [-0.2, -0.15) is 0 Å². The summed E-state index contributed by atoms with van der Waals surface area (Å²) in [6.45, 7) is 8.39. The lowest BCUT2D eigenvalue weighted by Crippen LogP contribution is -2.61. The third kappa shape index (κ3) is 3.57. The maximum absolute atomic E-state index is 12.1. The van der Waals surface area contributed by atoms with Crippen LogP contribution in [0.2, 0.25) is 0 Å². The highest BCUT2D eigenvalue weighted by Crippen LogP contribution is 2.33. The van der Waals surface area contributed by atoms with Crippen LogP contribution >= 0.6 is 0 Å². The lowest BCUT2D eigenvalue weighted by molar-refractivity contribution is -0.189. The van der Waals surface area contributed by atoms with E-state index in [1.165, 1.54) is 5.56 Å². The molecule has 1 unspecified atom stereocenters. The van der Waals surface area contributed by atoms with Crippen LogP contribution in [0, 0.1) is 0 Å². The van der Waals surface area contributed by atoms with Gasteiger partial charge in [0.1, 0.15) is 11.9 Å². The van der Waals surface area contributed by atoms with E-state index in [9.17, 15) is 4.79 Å². The molecule has 1 atom stereocenters. The summed E-state index contributed by atoms with van der Waals surface area (Å²) in [5, 5.41) is 0. The quantitative estimate of drug-likeness (QED) is 0.848. The second kappa shape index (κ2) is 7.11. The predicted molar refractivity (Wildman–Crippen MR) is 93.0 cm³/mol. The van der Waals surface area contributed by atoms with E-state index in [2.05, 4.69) is 17.0 Å². The number of morpholine rings is 1. The maximum Gasteiger partial charge on any atom is 0.251 e. The second-order valence-electron chi connectivity index (χ2n) is 6.92. The molecule has 2 heterocycles. The molecule has 3 rings (SSSR count). The van der Waals surface area contributed by atoms with Gasteiger partial charge >= 0.3 is 0 Å². The van der Waals surface area contributed by atoms with Crippen LogP contribution in [0.15, 0.2) is 24.3 Å². The molecule has 2 aliphatic heterocycles. The second-order valence-corrected chi connectivity index (χ2v) is 6.92. The van der Waals surface area contributed by atoms with Crippen LogP contribution in [0.1, 0.15) is 32.3 Å². The molecule has 0 bridgehead atoms. The molecule has 2 saturated heterocycles. The van der Waals surface area contributed by atoms with Crippen LogP contribution < -0.4 is 4.74 Å². The number of piperidine rings is 1. The molecule has 0 saturated carbocycles. The fraction of sp³-hybridized carbons (Fsp3) is 0.632. The van der Waals surface area contributed by atoms with E-state index in [1.54, 1.807) is 7.11 Å². The topological polar surface area (TPSA) is 42.0 Å². The standard InChI is InChI=1S/C19H28N2O3/c1-4-21-14-19(24-15(2)18(21)22)9-11-20(12-10-19)13-16-5-7-17(23-3)8-6-16/h5-8,15H,4,9-14H2,1-3H3. The van der Waals surface area contributed by atoms with E-state index in [4.69, 9.17) is 9.47 Å². The van der Waals surface area contributed by atoms with Gasteiger partial charge in [0.15, 0.2) is 0 Å². The molecule has 5 nitrogen and oxygen atoms in total. The van der Waals surface area contributed by atoms with Crippen molar-refractivity contribution in [2.75, 3.05) is 33.3 Å². The lowest BCUT2D eigenvalue weighted by atomic mass is 9.88. The Morgan fingerprint density at radius 3 is 2.50 bits per heavy atom. The van der Waals surface area contributed by atoms with Crippen molar-refractivity contribution in [1.29, 1.82) is 0 Å². The van der Waals surface area contributed by atoms with Gasteiger partial charge in [0.05, 0.1) is 12.7 Å². The first-order chi connectivity index (χ1) is 11.5. The van der Waals surface area contributed by atoms with Crippen molar-refractivity contribution in [3.63, 3.8) is 0 Å². The molecule has 2 aliphatic rings. The third-order valence-corrected chi connectivity index (χ3v) is 5.28. The van der Waals surface area contributed by atoms with E-state index >= 15 is 0 Å². The van der Waals surface area contributed by atoms with E-state index in [-0.39, 0.29) is 17.6 Å². The average Bonchev–Trinajstić information content (AvgIpc) is 2.61. The number of likely N-dealkylation sites (tertiary alicyclic amines) is 1. The van der Waals surface area contributed by atoms with Gasteiger partial charge in [0.2, 0.25) is 0 Å². The number of hydrogen-bond acceptors (Lipinski definition) is 4. The summed E-state index contributed by atoms with van der Waals surface area (Å²) in [4.78, 5) is 16.5. The van der Waals surface area contributed by atoms with Crippen LogP contribution in [-0.2, 0) is 16.1 Å². The number of methoxy groups -OCH3 is 1. The molecule has 5 heteroatoms. The largest absolute Gasteiger partial charge is 0.497 e. The number of likely N-dealkylation sites (N-methyl/N-ethyl adjacent to an activating group) is 1. The SMILES string of the molecule is CCN1CC2(CCN(Cc3ccc(OC)cc3)CC2)OC(C)C1=O. The normalized spacial score (nSPS) is 24.4. The third-order valence-electron chi connectivity index (χ3n) is 5.28. The summed E-state index contributed by atoms with van der Waals surface area (Å²) in [5.74, 6) is 1.02. The van der Waals surface area contributed by atoms with E-state index < -0.39 is 0 Å². The Bertz CT molecular complexity index is 564. The molecular formula is C19H28N2O3. The Morgan fingerprint density at radius 2 is 1.92 bits per heavy atom. The summed E-state index contributed by atoms with van der Waals surface area (Å²) < 4.78 is 11.4. The minimum atomic E-state index is -0.313.